The lowest BCUT2D eigenvalue weighted by atomic mass is 10.2. The maximum atomic E-state index is 11.5. The van der Waals surface area contributed by atoms with Gasteiger partial charge < -0.3 is 4.74 Å². The number of pyridine rings is 1. The number of rotatable bonds is 2. The molecule has 5 heteroatoms. The third-order valence-corrected chi connectivity index (χ3v) is 1.94. The molecule has 0 saturated heterocycles. The highest BCUT2D eigenvalue weighted by Crippen LogP contribution is 2.15. The molecular weight excluding hydrogens is 228 g/mol. The lowest BCUT2D eigenvalue weighted by Gasteiger charge is -2.19. The Bertz CT molecular complexity index is 374. The Morgan fingerprint density at radius 3 is 2.81 bits per heavy atom. The topological polar surface area (TPSA) is 51.2 Å². The number of hydrogen-bond acceptors (Lipinski definition) is 3. The highest BCUT2D eigenvalue weighted by atomic mass is 35.5. The molecule has 0 saturated carbocycles. The van der Waals surface area contributed by atoms with E-state index >= 15 is 0 Å². The maximum absolute atomic E-state index is 11.5. The van der Waals surface area contributed by atoms with Crippen LogP contribution < -0.4 is 5.32 Å². The van der Waals surface area contributed by atoms with Crippen LogP contribution in [0.1, 0.15) is 26.3 Å². The summed E-state index contributed by atoms with van der Waals surface area (Å²) in [7, 11) is 0. The van der Waals surface area contributed by atoms with E-state index < -0.39 is 11.7 Å². The van der Waals surface area contributed by atoms with Crippen molar-refractivity contribution in [1.29, 1.82) is 0 Å². The number of ether oxygens (including phenoxy) is 1. The molecule has 0 atom stereocenters. The van der Waals surface area contributed by atoms with Crippen molar-refractivity contribution in [3.63, 3.8) is 0 Å². The van der Waals surface area contributed by atoms with Crippen LogP contribution in [0.15, 0.2) is 18.3 Å². The van der Waals surface area contributed by atoms with E-state index in [4.69, 9.17) is 16.3 Å². The van der Waals surface area contributed by atoms with Crippen molar-refractivity contribution >= 4 is 23.5 Å². The van der Waals surface area contributed by atoms with Crippen molar-refractivity contribution in [1.82, 2.24) is 4.98 Å². The van der Waals surface area contributed by atoms with Crippen LogP contribution in [0, 0.1) is 0 Å². The third-order valence-electron chi connectivity index (χ3n) is 1.65. The van der Waals surface area contributed by atoms with Gasteiger partial charge in [-0.15, -0.1) is 11.6 Å². The van der Waals surface area contributed by atoms with E-state index in [2.05, 4.69) is 10.3 Å². The Morgan fingerprint density at radius 2 is 2.25 bits per heavy atom. The fraction of sp³-hybridized carbons (Fsp3) is 0.455. The minimum Gasteiger partial charge on any atom is -0.444 e. The Labute approximate surface area is 100.0 Å². The molecule has 88 valence electrons. The van der Waals surface area contributed by atoms with Gasteiger partial charge in [0.05, 0.1) is 5.88 Å². The molecule has 0 unspecified atom stereocenters. The zero-order chi connectivity index (χ0) is 12.2. The average Bonchev–Trinajstić information content (AvgIpc) is 2.15. The van der Waals surface area contributed by atoms with Gasteiger partial charge in [-0.3, -0.25) is 5.32 Å². The second kappa shape index (κ2) is 5.16. The maximum Gasteiger partial charge on any atom is 0.413 e. The molecule has 1 amide bonds. The Kier molecular flexibility index (Phi) is 4.12. The van der Waals surface area contributed by atoms with E-state index in [0.29, 0.717) is 11.7 Å². The van der Waals surface area contributed by atoms with Crippen LogP contribution in [-0.2, 0) is 10.6 Å². The summed E-state index contributed by atoms with van der Waals surface area (Å²) in [6, 6.07) is 3.56. The van der Waals surface area contributed by atoms with Gasteiger partial charge in [-0.1, -0.05) is 6.07 Å². The molecule has 0 aromatic carbocycles. The summed E-state index contributed by atoms with van der Waals surface area (Å²) in [5, 5.41) is 2.56. The third kappa shape index (κ3) is 4.06. The number of carbonyl (C=O) groups is 1. The van der Waals surface area contributed by atoms with Crippen molar-refractivity contribution in [3.05, 3.63) is 23.9 Å². The average molecular weight is 243 g/mol. The number of nitrogens with zero attached hydrogens (tertiary/aromatic N) is 1. The zero-order valence-corrected chi connectivity index (χ0v) is 10.3. The smallest absolute Gasteiger partial charge is 0.413 e. The lowest BCUT2D eigenvalue weighted by Crippen LogP contribution is -2.27. The number of amides is 1. The van der Waals surface area contributed by atoms with E-state index in [9.17, 15) is 4.79 Å². The first-order chi connectivity index (χ1) is 7.42. The molecule has 1 aromatic heterocycles. The number of anilines is 1. The summed E-state index contributed by atoms with van der Waals surface area (Å²) in [5.74, 6) is 0.727. The first-order valence-electron chi connectivity index (χ1n) is 4.92. The van der Waals surface area contributed by atoms with Gasteiger partial charge in [0, 0.05) is 11.8 Å². The van der Waals surface area contributed by atoms with Gasteiger partial charge in [-0.05, 0) is 26.8 Å². The molecule has 1 N–H and O–H groups in total. The summed E-state index contributed by atoms with van der Waals surface area (Å²) in [6.07, 6.45) is 1.06. The minimum atomic E-state index is -0.530. The first kappa shape index (κ1) is 12.8. The Hall–Kier alpha value is -1.29. The highest BCUT2D eigenvalue weighted by molar-refractivity contribution is 6.17. The normalized spacial score (nSPS) is 11.0. The summed E-state index contributed by atoms with van der Waals surface area (Å²) in [5.41, 5.74) is 0.231. The van der Waals surface area contributed by atoms with Crippen molar-refractivity contribution in [3.8, 4) is 0 Å². The number of aromatic nitrogens is 1. The number of carbonyl (C=O) groups excluding carboxylic acids is 1. The van der Waals surface area contributed by atoms with Crippen LogP contribution in [0.3, 0.4) is 0 Å². The summed E-state index contributed by atoms with van der Waals surface area (Å²) < 4.78 is 5.11. The van der Waals surface area contributed by atoms with Crippen LogP contribution in [0.25, 0.3) is 0 Å². The largest absolute Gasteiger partial charge is 0.444 e. The van der Waals surface area contributed by atoms with Gasteiger partial charge in [0.2, 0.25) is 0 Å². The van der Waals surface area contributed by atoms with E-state index in [0.717, 1.165) is 5.56 Å². The monoisotopic (exact) mass is 242 g/mol. The standard InChI is InChI=1S/C11H15ClN2O2/c1-11(2,3)16-10(15)14-9-8(7-12)5-4-6-13-9/h4-6H,7H2,1-3H3,(H,13,14,15). The van der Waals surface area contributed by atoms with E-state index in [-0.39, 0.29) is 0 Å². The van der Waals surface area contributed by atoms with Gasteiger partial charge in [-0.25, -0.2) is 9.78 Å². The highest BCUT2D eigenvalue weighted by Gasteiger charge is 2.17. The van der Waals surface area contributed by atoms with Gasteiger partial charge >= 0.3 is 6.09 Å². The zero-order valence-electron chi connectivity index (χ0n) is 9.58. The molecule has 16 heavy (non-hydrogen) atoms. The van der Waals surface area contributed by atoms with Crippen LogP contribution >= 0.6 is 11.6 Å². The second-order valence-corrected chi connectivity index (χ2v) is 4.54. The fourth-order valence-electron chi connectivity index (χ4n) is 1.06. The van der Waals surface area contributed by atoms with E-state index in [1.54, 1.807) is 39.1 Å². The predicted octanol–water partition coefficient (Wildman–Crippen LogP) is 3.17. The predicted molar refractivity (Wildman–Crippen MR) is 63.7 cm³/mol. The van der Waals surface area contributed by atoms with Gasteiger partial charge in [0.15, 0.2) is 0 Å². The van der Waals surface area contributed by atoms with Crippen LogP contribution in [0.2, 0.25) is 0 Å². The van der Waals surface area contributed by atoms with Crippen molar-refractivity contribution in [2.75, 3.05) is 5.32 Å². The van der Waals surface area contributed by atoms with Crippen LogP contribution in [0.4, 0.5) is 10.6 Å². The molecule has 1 heterocycles. The summed E-state index contributed by atoms with van der Waals surface area (Å²) in [6.45, 7) is 5.40. The molecule has 4 nitrogen and oxygen atoms in total. The fourth-order valence-corrected chi connectivity index (χ4v) is 1.27. The Balaban J connectivity index is 2.70. The summed E-state index contributed by atoms with van der Waals surface area (Å²) >= 11 is 5.72. The lowest BCUT2D eigenvalue weighted by molar-refractivity contribution is 0.0635. The molecule has 0 bridgehead atoms. The minimum absolute atomic E-state index is 0.291. The SMILES string of the molecule is CC(C)(C)OC(=O)Nc1ncccc1CCl. The molecule has 0 fully saturated rings. The van der Waals surface area contributed by atoms with E-state index in [1.165, 1.54) is 0 Å². The molecule has 0 radical (unpaired) electrons. The van der Waals surface area contributed by atoms with Gasteiger partial charge in [0.1, 0.15) is 11.4 Å². The quantitative estimate of drug-likeness (QED) is 0.811. The molecule has 1 aromatic rings. The molecular formula is C11H15ClN2O2. The molecule has 0 spiro atoms. The Morgan fingerprint density at radius 1 is 1.56 bits per heavy atom. The van der Waals surface area contributed by atoms with E-state index in [1.807, 2.05) is 0 Å². The summed E-state index contributed by atoms with van der Waals surface area (Å²) in [4.78, 5) is 15.5. The van der Waals surface area contributed by atoms with Crippen LogP contribution in [-0.4, -0.2) is 16.7 Å². The number of halogens is 1. The van der Waals surface area contributed by atoms with Crippen molar-refractivity contribution in [2.24, 2.45) is 0 Å². The number of hydrogen-bond donors (Lipinski definition) is 1. The molecule has 0 aliphatic heterocycles. The first-order valence-corrected chi connectivity index (χ1v) is 5.45. The van der Waals surface area contributed by atoms with Crippen molar-refractivity contribution in [2.45, 2.75) is 32.3 Å². The molecule has 0 aliphatic carbocycles. The van der Waals surface area contributed by atoms with Gasteiger partial charge in [0.25, 0.3) is 0 Å². The van der Waals surface area contributed by atoms with Gasteiger partial charge in [-0.2, -0.15) is 0 Å². The number of nitrogens with one attached hydrogen (secondary N) is 1. The molecule has 0 aliphatic rings. The molecule has 1 rings (SSSR count). The van der Waals surface area contributed by atoms with Crippen molar-refractivity contribution < 1.29 is 9.53 Å². The second-order valence-electron chi connectivity index (χ2n) is 4.27. The number of alkyl halides is 1. The van der Waals surface area contributed by atoms with Crippen LogP contribution in [0.5, 0.6) is 0 Å².